The third-order valence-electron chi connectivity index (χ3n) is 4.85. The maximum Gasteiger partial charge on any atom is 0.211 e. The van der Waals surface area contributed by atoms with Gasteiger partial charge >= 0.3 is 0 Å². The van der Waals surface area contributed by atoms with Crippen molar-refractivity contribution in [1.29, 1.82) is 10.5 Å². The number of nitrogens with zero attached hydrogens (tertiary/aromatic N) is 4. The summed E-state index contributed by atoms with van der Waals surface area (Å²) in [6.45, 7) is 4.92. The number of anilines is 3. The number of rotatable bonds is 7. The minimum atomic E-state index is -0.730. The quantitative estimate of drug-likeness (QED) is 0.214. The van der Waals surface area contributed by atoms with E-state index >= 15 is 0 Å². The van der Waals surface area contributed by atoms with Crippen molar-refractivity contribution >= 4 is 55.1 Å². The zero-order chi connectivity index (χ0) is 24.1. The molecule has 0 spiro atoms. The molecule has 1 atom stereocenters. The van der Waals surface area contributed by atoms with Gasteiger partial charge in [0.25, 0.3) is 0 Å². The number of hydrogen-bond acceptors (Lipinski definition) is 10. The molecule has 0 saturated heterocycles. The first-order valence-corrected chi connectivity index (χ1v) is 11.7. The first kappa shape index (κ1) is 24.4. The highest BCUT2D eigenvalue weighted by atomic mass is 79.9. The molecule has 1 aromatic carbocycles. The van der Waals surface area contributed by atoms with Crippen LogP contribution < -0.4 is 31.6 Å². The number of pyridine rings is 1. The van der Waals surface area contributed by atoms with Gasteiger partial charge in [-0.1, -0.05) is 13.3 Å². The van der Waals surface area contributed by atoms with E-state index < -0.39 is 6.04 Å². The molecule has 0 amide bonds. The highest BCUT2D eigenvalue weighted by Gasteiger charge is 2.32. The van der Waals surface area contributed by atoms with Gasteiger partial charge in [0.2, 0.25) is 5.96 Å². The number of aliphatic imine (C=N–C) groups is 1. The number of halogens is 2. The van der Waals surface area contributed by atoms with Crippen LogP contribution in [0.5, 0.6) is 11.5 Å². The second-order valence-electron chi connectivity index (χ2n) is 6.96. The topological polar surface area (TPSA) is 167 Å². The number of hydrogen-bond donors (Lipinski definition) is 4. The molecule has 1 aromatic heterocycles. The lowest BCUT2D eigenvalue weighted by Crippen LogP contribution is -2.33. The Morgan fingerprint density at radius 2 is 1.97 bits per heavy atom. The molecule has 1 aliphatic heterocycles. The lowest BCUT2D eigenvalue weighted by Gasteiger charge is -2.28. The normalized spacial score (nSPS) is 14.2. The molecule has 2 heterocycles. The average molecular weight is 578 g/mol. The molecule has 0 aliphatic carbocycles. The Morgan fingerprint density at radius 1 is 1.21 bits per heavy atom. The second kappa shape index (κ2) is 10.6. The van der Waals surface area contributed by atoms with Gasteiger partial charge in [-0.05, 0) is 51.3 Å². The summed E-state index contributed by atoms with van der Waals surface area (Å²) in [5, 5.41) is 24.0. The number of benzene rings is 1. The van der Waals surface area contributed by atoms with Crippen LogP contribution in [0.4, 0.5) is 17.3 Å². The third-order valence-corrected chi connectivity index (χ3v) is 7.00. The highest BCUT2D eigenvalue weighted by Crippen LogP contribution is 2.49. The summed E-state index contributed by atoms with van der Waals surface area (Å²) < 4.78 is 13.2. The highest BCUT2D eigenvalue weighted by molar-refractivity contribution is 9.13. The van der Waals surface area contributed by atoms with E-state index in [9.17, 15) is 5.26 Å². The molecule has 6 N–H and O–H groups in total. The number of fused-ring (bicyclic) bond motifs is 1. The van der Waals surface area contributed by atoms with Crippen molar-refractivity contribution in [3.8, 4) is 23.8 Å². The fraction of sp³-hybridized carbons (Fsp3) is 0.333. The molecule has 2 aromatic rings. The Kier molecular flexibility index (Phi) is 7.84. The van der Waals surface area contributed by atoms with Gasteiger partial charge in [0.05, 0.1) is 23.4 Å². The fourth-order valence-electron chi connectivity index (χ4n) is 3.33. The summed E-state index contributed by atoms with van der Waals surface area (Å²) >= 11 is 7.25. The molecule has 0 fully saturated rings. The number of ether oxygens (including phenoxy) is 2. The largest absolute Gasteiger partial charge is 0.490 e. The zero-order valence-corrected chi connectivity index (χ0v) is 21.2. The van der Waals surface area contributed by atoms with Gasteiger partial charge < -0.3 is 26.3 Å². The van der Waals surface area contributed by atoms with Gasteiger partial charge in [0.1, 0.15) is 29.3 Å². The van der Waals surface area contributed by atoms with Crippen LogP contribution in [-0.2, 0) is 0 Å². The van der Waals surface area contributed by atoms with Crippen molar-refractivity contribution < 1.29 is 9.47 Å². The van der Waals surface area contributed by atoms with Crippen LogP contribution in [-0.4, -0.2) is 24.2 Å². The predicted octanol–water partition coefficient (Wildman–Crippen LogP) is 4.16. The minimum absolute atomic E-state index is 0.0202. The van der Waals surface area contributed by atoms with Crippen LogP contribution in [0.3, 0.4) is 0 Å². The Hall–Kier alpha value is -3.22. The number of aromatic nitrogens is 1. The molecule has 172 valence electrons. The Bertz CT molecular complexity index is 1190. The van der Waals surface area contributed by atoms with Crippen molar-refractivity contribution in [2.45, 2.75) is 32.7 Å². The van der Waals surface area contributed by atoms with Gasteiger partial charge in [-0.15, -0.1) is 0 Å². The lowest BCUT2D eigenvalue weighted by atomic mass is 9.95. The SMILES string of the molecule is CCCCOc1c(OCC)cc(C2N=C(NC#N)Nc3nc(N)c(C#N)c(N)c32)c(Br)c1Br. The van der Waals surface area contributed by atoms with Crippen molar-refractivity contribution in [2.24, 2.45) is 4.99 Å². The van der Waals surface area contributed by atoms with E-state index in [1.807, 2.05) is 19.2 Å². The van der Waals surface area contributed by atoms with Crippen LogP contribution in [0.1, 0.15) is 49.4 Å². The molecular formula is C21H22Br2N8O2. The molecule has 1 aliphatic rings. The lowest BCUT2D eigenvalue weighted by molar-refractivity contribution is 0.270. The third kappa shape index (κ3) is 4.77. The van der Waals surface area contributed by atoms with Gasteiger partial charge in [0.15, 0.2) is 17.7 Å². The molecule has 12 heteroatoms. The first-order valence-electron chi connectivity index (χ1n) is 10.1. The number of nitrogen functional groups attached to an aromatic ring is 2. The minimum Gasteiger partial charge on any atom is -0.490 e. The Balaban J connectivity index is 2.25. The number of nitriles is 2. The fourth-order valence-corrected chi connectivity index (χ4v) is 4.38. The predicted molar refractivity (Wildman–Crippen MR) is 133 cm³/mol. The number of nitrogens with two attached hydrogens (primary N) is 2. The van der Waals surface area contributed by atoms with Crippen molar-refractivity contribution in [2.75, 3.05) is 30.0 Å². The van der Waals surface area contributed by atoms with E-state index in [1.165, 1.54) is 0 Å². The van der Waals surface area contributed by atoms with Crippen LogP contribution in [0.15, 0.2) is 20.0 Å². The standard InChI is InChI=1S/C21H22Br2N8O2/c1-3-5-6-33-18-12(32-4-2)7-10(14(22)15(18)23)17-13-16(26)11(8-24)19(27)30-20(13)31-21(29-17)28-9-25/h7,17H,3-6H2,1-2H3,(H6,26,27,28,29,30,31). The van der Waals surface area contributed by atoms with Crippen LogP contribution in [0.2, 0.25) is 0 Å². The second-order valence-corrected chi connectivity index (χ2v) is 8.54. The van der Waals surface area contributed by atoms with Crippen molar-refractivity contribution in [3.05, 3.63) is 31.7 Å². The van der Waals surface area contributed by atoms with Crippen LogP contribution in [0, 0.1) is 22.8 Å². The van der Waals surface area contributed by atoms with Crippen LogP contribution >= 0.6 is 31.9 Å². The monoisotopic (exact) mass is 576 g/mol. The molecule has 0 bridgehead atoms. The summed E-state index contributed by atoms with van der Waals surface area (Å²) in [4.78, 5) is 8.89. The number of guanidine groups is 1. The average Bonchev–Trinajstić information content (AvgIpc) is 2.78. The molecule has 33 heavy (non-hydrogen) atoms. The molecule has 0 radical (unpaired) electrons. The van der Waals surface area contributed by atoms with E-state index in [4.69, 9.17) is 26.2 Å². The zero-order valence-electron chi connectivity index (χ0n) is 18.0. The van der Waals surface area contributed by atoms with E-state index in [1.54, 1.807) is 6.07 Å². The van der Waals surface area contributed by atoms with E-state index in [0.717, 1.165) is 12.8 Å². The molecule has 1 unspecified atom stereocenters. The Labute approximate surface area is 208 Å². The van der Waals surface area contributed by atoms with Gasteiger partial charge in [-0.25, -0.2) is 9.98 Å². The first-order chi connectivity index (χ1) is 15.9. The van der Waals surface area contributed by atoms with Crippen molar-refractivity contribution in [1.82, 2.24) is 10.3 Å². The molecular weight excluding hydrogens is 556 g/mol. The maximum absolute atomic E-state index is 9.53. The van der Waals surface area contributed by atoms with Gasteiger partial charge in [-0.3, -0.25) is 5.32 Å². The number of nitrogens with one attached hydrogen (secondary N) is 2. The Morgan fingerprint density at radius 3 is 2.61 bits per heavy atom. The smallest absolute Gasteiger partial charge is 0.211 e. The molecule has 0 saturated carbocycles. The van der Waals surface area contributed by atoms with E-state index in [-0.39, 0.29) is 23.0 Å². The summed E-state index contributed by atoms with van der Waals surface area (Å²) in [5.74, 6) is 1.52. The van der Waals surface area contributed by atoms with Crippen molar-refractivity contribution in [3.63, 3.8) is 0 Å². The molecule has 3 rings (SSSR count). The van der Waals surface area contributed by atoms with E-state index in [0.29, 0.717) is 50.6 Å². The van der Waals surface area contributed by atoms with Gasteiger partial charge in [0, 0.05) is 15.6 Å². The van der Waals surface area contributed by atoms with E-state index in [2.05, 4.69) is 59.4 Å². The summed E-state index contributed by atoms with van der Waals surface area (Å²) in [5.41, 5.74) is 13.6. The maximum atomic E-state index is 9.53. The number of unbranched alkanes of at least 4 members (excludes halogenated alkanes) is 1. The summed E-state index contributed by atoms with van der Waals surface area (Å²) in [6, 6.07) is 3.07. The molecule has 10 nitrogen and oxygen atoms in total. The summed E-state index contributed by atoms with van der Waals surface area (Å²) in [6.07, 6.45) is 3.72. The van der Waals surface area contributed by atoms with Crippen LogP contribution in [0.25, 0.3) is 0 Å². The summed E-state index contributed by atoms with van der Waals surface area (Å²) in [7, 11) is 0. The van der Waals surface area contributed by atoms with Gasteiger partial charge in [-0.2, -0.15) is 10.5 Å².